The van der Waals surface area contributed by atoms with Crippen LogP contribution in [0.2, 0.25) is 0 Å². The molecule has 2 aliphatic rings. The molecule has 0 saturated heterocycles. The minimum absolute atomic E-state index is 0. The van der Waals surface area contributed by atoms with Gasteiger partial charge < -0.3 is 9.64 Å². The Balaban J connectivity index is 0.00000161. The largest absolute Gasteiger partial charge is 0.466 e. The first-order valence-electron chi connectivity index (χ1n) is 6.71. The summed E-state index contributed by atoms with van der Waals surface area (Å²) in [5.74, 6) is -0.176. The predicted molar refractivity (Wildman–Crippen MR) is 91.7 cm³/mol. The minimum Gasteiger partial charge on any atom is -0.466 e. The molecule has 0 N–H and O–H groups in total. The molecule has 0 aromatic heterocycles. The maximum Gasteiger partial charge on any atom is 0.310 e. The zero-order valence-corrected chi connectivity index (χ0v) is 14.3. The number of amidine groups is 1. The molecule has 0 fully saturated rings. The van der Waals surface area contributed by atoms with E-state index in [1.165, 1.54) is 5.70 Å². The monoisotopic (exact) mass is 368 g/mol. The lowest BCUT2D eigenvalue weighted by Crippen LogP contribution is -2.19. The molecule has 3 rings (SSSR count). The van der Waals surface area contributed by atoms with Crippen LogP contribution in [0.1, 0.15) is 18.1 Å². The summed E-state index contributed by atoms with van der Waals surface area (Å²) in [6.07, 6.45) is 0.332. The molecular weight excluding hydrogens is 352 g/mol. The van der Waals surface area contributed by atoms with E-state index in [2.05, 4.69) is 27.4 Å². The van der Waals surface area contributed by atoms with Crippen molar-refractivity contribution in [2.75, 3.05) is 19.7 Å². The molecular formula is C15H17BrN2O2S. The number of thioether (sulfide) groups is 1. The lowest BCUT2D eigenvalue weighted by Gasteiger charge is -2.16. The van der Waals surface area contributed by atoms with Gasteiger partial charge in [0.15, 0.2) is 5.17 Å². The second-order valence-corrected chi connectivity index (χ2v) is 5.45. The first kappa shape index (κ1) is 16.1. The molecule has 2 heterocycles. The molecule has 0 aliphatic carbocycles. The van der Waals surface area contributed by atoms with Crippen LogP contribution in [-0.2, 0) is 16.0 Å². The number of hydrogen-bond donors (Lipinski definition) is 0. The molecule has 0 radical (unpaired) electrons. The average Bonchev–Trinajstić information content (AvgIpc) is 3.02. The fourth-order valence-electron chi connectivity index (χ4n) is 2.32. The zero-order chi connectivity index (χ0) is 13.9. The number of hydrogen-bond acceptors (Lipinski definition) is 5. The van der Waals surface area contributed by atoms with Gasteiger partial charge in [0.2, 0.25) is 0 Å². The molecule has 0 spiro atoms. The van der Waals surface area contributed by atoms with Gasteiger partial charge in [-0.15, -0.1) is 17.0 Å². The van der Waals surface area contributed by atoms with E-state index in [9.17, 15) is 4.79 Å². The van der Waals surface area contributed by atoms with Gasteiger partial charge in [-0.1, -0.05) is 36.0 Å². The highest BCUT2D eigenvalue weighted by molar-refractivity contribution is 8.93. The van der Waals surface area contributed by atoms with E-state index in [4.69, 9.17) is 4.74 Å². The van der Waals surface area contributed by atoms with Crippen LogP contribution in [0.5, 0.6) is 0 Å². The van der Waals surface area contributed by atoms with Crippen LogP contribution >= 0.6 is 28.7 Å². The summed E-state index contributed by atoms with van der Waals surface area (Å²) in [5.41, 5.74) is 3.35. The maximum absolute atomic E-state index is 11.4. The number of carbonyl (C=O) groups excluding carboxylic acids is 1. The highest BCUT2D eigenvalue weighted by Crippen LogP contribution is 2.35. The third kappa shape index (κ3) is 3.49. The van der Waals surface area contributed by atoms with Crippen LogP contribution < -0.4 is 0 Å². The maximum atomic E-state index is 11.4. The Morgan fingerprint density at radius 2 is 2.14 bits per heavy atom. The van der Waals surface area contributed by atoms with Gasteiger partial charge in [-0.05, 0) is 18.1 Å². The quantitative estimate of drug-likeness (QED) is 0.765. The van der Waals surface area contributed by atoms with E-state index in [0.717, 1.165) is 29.4 Å². The van der Waals surface area contributed by atoms with Gasteiger partial charge in [0, 0.05) is 12.0 Å². The molecule has 1 aromatic rings. The van der Waals surface area contributed by atoms with Crippen molar-refractivity contribution in [1.29, 1.82) is 0 Å². The molecule has 21 heavy (non-hydrogen) atoms. The summed E-state index contributed by atoms with van der Waals surface area (Å²) in [6.45, 7) is 4.08. The number of carbonyl (C=O) groups is 1. The Morgan fingerprint density at radius 1 is 1.38 bits per heavy atom. The first-order valence-corrected chi connectivity index (χ1v) is 7.59. The number of ether oxygens (including phenoxy) is 1. The number of halogens is 1. The number of aliphatic imine (C=N–C) groups is 1. The lowest BCUT2D eigenvalue weighted by molar-refractivity contribution is -0.142. The molecule has 2 aliphatic heterocycles. The number of nitrogens with zero attached hydrogens (tertiary/aromatic N) is 2. The molecule has 4 nitrogen and oxygen atoms in total. The van der Waals surface area contributed by atoms with Crippen molar-refractivity contribution < 1.29 is 9.53 Å². The summed E-state index contributed by atoms with van der Waals surface area (Å²) < 4.78 is 4.96. The van der Waals surface area contributed by atoms with Crippen molar-refractivity contribution in [3.05, 3.63) is 40.8 Å². The molecule has 112 valence electrons. The fourth-order valence-corrected chi connectivity index (χ4v) is 3.28. The van der Waals surface area contributed by atoms with Crippen molar-refractivity contribution in [3.63, 3.8) is 0 Å². The third-order valence-corrected chi connectivity index (χ3v) is 4.17. The van der Waals surface area contributed by atoms with Crippen molar-refractivity contribution in [1.82, 2.24) is 4.90 Å². The van der Waals surface area contributed by atoms with Crippen LogP contribution in [0.15, 0.2) is 34.7 Å². The summed E-state index contributed by atoms with van der Waals surface area (Å²) in [6, 6.07) is 8.09. The SMILES string of the molecule is Br.CCOC(=O)Cc1ccc(C2=CSC3=NCCN23)cc1. The number of esters is 1. The number of rotatable bonds is 4. The Kier molecular flexibility index (Phi) is 5.47. The summed E-state index contributed by atoms with van der Waals surface area (Å²) >= 11 is 1.68. The number of fused-ring (bicyclic) bond motifs is 1. The van der Waals surface area contributed by atoms with Gasteiger partial charge in [0.25, 0.3) is 0 Å². The first-order chi connectivity index (χ1) is 9.78. The van der Waals surface area contributed by atoms with Gasteiger partial charge in [0.05, 0.1) is 25.3 Å². The molecule has 0 saturated carbocycles. The summed E-state index contributed by atoms with van der Waals surface area (Å²) in [5, 5.41) is 3.23. The van der Waals surface area contributed by atoms with Crippen molar-refractivity contribution in [2.45, 2.75) is 13.3 Å². The van der Waals surface area contributed by atoms with Crippen LogP contribution in [0.4, 0.5) is 0 Å². The summed E-state index contributed by atoms with van der Waals surface area (Å²) in [7, 11) is 0. The molecule has 0 amide bonds. The van der Waals surface area contributed by atoms with E-state index < -0.39 is 0 Å². The second kappa shape index (κ2) is 7.13. The van der Waals surface area contributed by atoms with Gasteiger partial charge in [-0.25, -0.2) is 0 Å². The topological polar surface area (TPSA) is 41.9 Å². The molecule has 0 unspecified atom stereocenters. The van der Waals surface area contributed by atoms with E-state index >= 15 is 0 Å². The number of benzene rings is 1. The van der Waals surface area contributed by atoms with Crippen LogP contribution in [0, 0.1) is 0 Å². The van der Waals surface area contributed by atoms with Gasteiger partial charge >= 0.3 is 5.97 Å². The van der Waals surface area contributed by atoms with Crippen LogP contribution in [0.3, 0.4) is 0 Å². The van der Waals surface area contributed by atoms with E-state index in [1.54, 1.807) is 11.8 Å². The standard InChI is InChI=1S/C15H16N2O2S.BrH/c1-2-19-14(18)9-11-3-5-12(6-4-11)13-10-20-15-16-7-8-17(13)15;/h3-6,10H,2,7-9H2,1H3;1H. The van der Waals surface area contributed by atoms with Crippen molar-refractivity contribution >= 4 is 45.6 Å². The van der Waals surface area contributed by atoms with E-state index in [1.807, 2.05) is 19.1 Å². The Morgan fingerprint density at radius 3 is 2.86 bits per heavy atom. The highest BCUT2D eigenvalue weighted by atomic mass is 79.9. The smallest absolute Gasteiger partial charge is 0.310 e. The molecule has 1 aromatic carbocycles. The Bertz CT molecular complexity index is 584. The summed E-state index contributed by atoms with van der Waals surface area (Å²) in [4.78, 5) is 18.1. The zero-order valence-electron chi connectivity index (χ0n) is 11.7. The van der Waals surface area contributed by atoms with Gasteiger partial charge in [0.1, 0.15) is 0 Å². The minimum atomic E-state index is -0.176. The normalized spacial score (nSPS) is 16.0. The average molecular weight is 369 g/mol. The van der Waals surface area contributed by atoms with E-state index in [-0.39, 0.29) is 23.0 Å². The van der Waals surface area contributed by atoms with Crippen LogP contribution in [0.25, 0.3) is 5.70 Å². The molecule has 6 heteroatoms. The lowest BCUT2D eigenvalue weighted by atomic mass is 10.1. The second-order valence-electron chi connectivity index (χ2n) is 4.62. The fraction of sp³-hybridized carbons (Fsp3) is 0.333. The molecule has 0 atom stereocenters. The van der Waals surface area contributed by atoms with E-state index in [0.29, 0.717) is 13.0 Å². The highest BCUT2D eigenvalue weighted by Gasteiger charge is 2.26. The van der Waals surface area contributed by atoms with Gasteiger partial charge in [-0.2, -0.15) is 0 Å². The van der Waals surface area contributed by atoms with Gasteiger partial charge in [-0.3, -0.25) is 9.79 Å². The third-order valence-electron chi connectivity index (χ3n) is 3.27. The van der Waals surface area contributed by atoms with Crippen molar-refractivity contribution in [2.24, 2.45) is 4.99 Å². The predicted octanol–water partition coefficient (Wildman–Crippen LogP) is 3.09. The molecule has 0 bridgehead atoms. The van der Waals surface area contributed by atoms with Crippen molar-refractivity contribution in [3.8, 4) is 0 Å². The van der Waals surface area contributed by atoms with Crippen LogP contribution in [-0.4, -0.2) is 35.7 Å². The Labute approximate surface area is 139 Å². The Hall–Kier alpha value is -1.27.